The van der Waals surface area contributed by atoms with E-state index >= 15 is 0 Å². The van der Waals surface area contributed by atoms with Crippen molar-refractivity contribution in [2.24, 2.45) is 11.8 Å². The van der Waals surface area contributed by atoms with Crippen molar-refractivity contribution in [2.75, 3.05) is 31.9 Å². The molecule has 0 radical (unpaired) electrons. The molecule has 2 heterocycles. The molecule has 3 aliphatic rings. The van der Waals surface area contributed by atoms with E-state index in [-0.39, 0.29) is 5.75 Å². The molecule has 2 aliphatic heterocycles. The predicted octanol–water partition coefficient (Wildman–Crippen LogP) is 2.30. The molecule has 6 heteroatoms. The second kappa shape index (κ2) is 8.19. The van der Waals surface area contributed by atoms with Crippen LogP contribution in [0.5, 0.6) is 0 Å². The van der Waals surface area contributed by atoms with E-state index in [0.29, 0.717) is 25.2 Å². The van der Waals surface area contributed by atoms with Crippen molar-refractivity contribution in [1.29, 1.82) is 0 Å². The maximum absolute atomic E-state index is 12.0. The number of piperidine rings is 1. The lowest BCUT2D eigenvalue weighted by molar-refractivity contribution is 0.243. The number of benzene rings is 1. The van der Waals surface area contributed by atoms with E-state index in [0.717, 1.165) is 31.2 Å². The number of hydrogen-bond acceptors (Lipinski definition) is 4. The average Bonchev–Trinajstić information content (AvgIpc) is 3.24. The molecule has 150 valence electrons. The number of hydrogen-bond donors (Lipinski definition) is 1. The Morgan fingerprint density at radius 1 is 1.04 bits per heavy atom. The van der Waals surface area contributed by atoms with Crippen LogP contribution in [0.1, 0.15) is 38.2 Å². The van der Waals surface area contributed by atoms with Gasteiger partial charge in [0.15, 0.2) is 0 Å². The van der Waals surface area contributed by atoms with E-state index in [1.54, 1.807) is 11.2 Å². The van der Waals surface area contributed by atoms with Gasteiger partial charge in [-0.3, -0.25) is 4.90 Å². The van der Waals surface area contributed by atoms with Crippen molar-refractivity contribution in [3.63, 3.8) is 0 Å². The van der Waals surface area contributed by atoms with Gasteiger partial charge in [-0.25, -0.2) is 12.7 Å². The molecule has 2 saturated heterocycles. The summed E-state index contributed by atoms with van der Waals surface area (Å²) in [5.74, 6) is 1.80. The molecular formula is C21H33N3O2S. The van der Waals surface area contributed by atoms with Gasteiger partial charge in [-0.2, -0.15) is 0 Å². The Morgan fingerprint density at radius 2 is 1.78 bits per heavy atom. The van der Waals surface area contributed by atoms with Gasteiger partial charge in [0.25, 0.3) is 0 Å². The Hall–Kier alpha value is -0.950. The monoisotopic (exact) mass is 391 g/mol. The summed E-state index contributed by atoms with van der Waals surface area (Å²) in [4.78, 5) is 2.62. The fraction of sp³-hybridized carbons (Fsp3) is 0.714. The fourth-order valence-corrected chi connectivity index (χ4v) is 6.45. The van der Waals surface area contributed by atoms with E-state index in [2.05, 4.69) is 40.5 Å². The molecule has 1 N–H and O–H groups in total. The molecule has 3 fully saturated rings. The Balaban J connectivity index is 1.28. The average molecular weight is 392 g/mol. The minimum atomic E-state index is -3.02. The van der Waals surface area contributed by atoms with Gasteiger partial charge >= 0.3 is 0 Å². The second-order valence-corrected chi connectivity index (χ2v) is 10.8. The van der Waals surface area contributed by atoms with Crippen LogP contribution in [-0.2, 0) is 16.6 Å². The summed E-state index contributed by atoms with van der Waals surface area (Å²) in [5.41, 5.74) is 1.41. The molecule has 3 atom stereocenters. The summed E-state index contributed by atoms with van der Waals surface area (Å²) >= 11 is 0. The van der Waals surface area contributed by atoms with Gasteiger partial charge in [0.05, 0.1) is 5.75 Å². The molecular weight excluding hydrogens is 358 g/mol. The maximum Gasteiger partial charge on any atom is 0.213 e. The van der Waals surface area contributed by atoms with Crippen molar-refractivity contribution in [3.05, 3.63) is 35.9 Å². The van der Waals surface area contributed by atoms with Crippen LogP contribution in [0.25, 0.3) is 0 Å². The number of rotatable bonds is 6. The van der Waals surface area contributed by atoms with Crippen LogP contribution in [0.15, 0.2) is 30.3 Å². The van der Waals surface area contributed by atoms with Crippen molar-refractivity contribution in [1.82, 2.24) is 14.5 Å². The van der Waals surface area contributed by atoms with Crippen LogP contribution in [0, 0.1) is 11.8 Å². The molecule has 1 aromatic carbocycles. The standard InChI is InChI=1S/C21H33N3O2S/c1-2-27(25,26)24-12-10-19(11-13-24)22-21-9-8-18-15-23(16-20(18)21)14-17-6-4-3-5-7-17/h3-7,18-22H,2,8-16H2,1H3. The summed E-state index contributed by atoms with van der Waals surface area (Å²) in [6.07, 6.45) is 4.50. The molecule has 1 aliphatic carbocycles. The number of nitrogens with zero attached hydrogens (tertiary/aromatic N) is 2. The molecule has 0 bridgehead atoms. The Bertz CT molecular complexity index is 716. The van der Waals surface area contributed by atoms with Crippen LogP contribution in [0.3, 0.4) is 0 Å². The lowest BCUT2D eigenvalue weighted by atomic mass is 9.96. The first kappa shape index (κ1) is 19.4. The largest absolute Gasteiger partial charge is 0.311 e. The zero-order valence-corrected chi connectivity index (χ0v) is 17.2. The number of sulfonamides is 1. The van der Waals surface area contributed by atoms with Crippen LogP contribution in [-0.4, -0.2) is 61.6 Å². The highest BCUT2D eigenvalue weighted by Crippen LogP contribution is 2.39. The number of likely N-dealkylation sites (tertiary alicyclic amines) is 1. The molecule has 0 spiro atoms. The van der Waals surface area contributed by atoms with E-state index in [1.165, 1.54) is 31.5 Å². The van der Waals surface area contributed by atoms with Crippen molar-refractivity contribution >= 4 is 10.0 Å². The van der Waals surface area contributed by atoms with Crippen LogP contribution in [0.2, 0.25) is 0 Å². The lowest BCUT2D eigenvalue weighted by Gasteiger charge is -2.34. The highest BCUT2D eigenvalue weighted by Gasteiger charge is 2.43. The van der Waals surface area contributed by atoms with Crippen LogP contribution < -0.4 is 5.32 Å². The van der Waals surface area contributed by atoms with Gasteiger partial charge in [-0.1, -0.05) is 30.3 Å². The highest BCUT2D eigenvalue weighted by molar-refractivity contribution is 7.89. The first-order valence-electron chi connectivity index (χ1n) is 10.6. The van der Waals surface area contributed by atoms with Crippen LogP contribution >= 0.6 is 0 Å². The van der Waals surface area contributed by atoms with Gasteiger partial charge in [0, 0.05) is 44.8 Å². The van der Waals surface area contributed by atoms with Gasteiger partial charge in [0.1, 0.15) is 0 Å². The van der Waals surface area contributed by atoms with Crippen molar-refractivity contribution in [3.8, 4) is 0 Å². The summed E-state index contributed by atoms with van der Waals surface area (Å²) in [6, 6.07) is 11.9. The third-order valence-corrected chi connectivity index (χ3v) is 8.72. The SMILES string of the molecule is CCS(=O)(=O)N1CCC(NC2CCC3CN(Cc4ccccc4)CC32)CC1. The van der Waals surface area contributed by atoms with Gasteiger partial charge in [-0.15, -0.1) is 0 Å². The Labute approximate surface area is 164 Å². The minimum Gasteiger partial charge on any atom is -0.311 e. The summed E-state index contributed by atoms with van der Waals surface area (Å²) < 4.78 is 25.8. The summed E-state index contributed by atoms with van der Waals surface area (Å²) in [6.45, 7) is 6.57. The second-order valence-electron chi connectivity index (χ2n) is 8.53. The maximum atomic E-state index is 12.0. The van der Waals surface area contributed by atoms with Gasteiger partial charge in [-0.05, 0) is 50.0 Å². The molecule has 0 amide bonds. The van der Waals surface area contributed by atoms with Crippen molar-refractivity contribution in [2.45, 2.75) is 51.2 Å². The van der Waals surface area contributed by atoms with Crippen molar-refractivity contribution < 1.29 is 8.42 Å². The van der Waals surface area contributed by atoms with E-state index < -0.39 is 10.0 Å². The minimum absolute atomic E-state index is 0.217. The third-order valence-electron chi connectivity index (χ3n) is 6.84. The lowest BCUT2D eigenvalue weighted by Crippen LogP contribution is -2.49. The van der Waals surface area contributed by atoms with Gasteiger partial charge < -0.3 is 5.32 Å². The normalized spacial score (nSPS) is 30.6. The molecule has 27 heavy (non-hydrogen) atoms. The molecule has 5 nitrogen and oxygen atoms in total. The molecule has 1 aromatic rings. The number of fused-ring (bicyclic) bond motifs is 1. The molecule has 4 rings (SSSR count). The predicted molar refractivity (Wildman–Crippen MR) is 109 cm³/mol. The topological polar surface area (TPSA) is 52.7 Å². The zero-order valence-electron chi connectivity index (χ0n) is 16.4. The first-order valence-corrected chi connectivity index (χ1v) is 12.2. The van der Waals surface area contributed by atoms with E-state index in [1.807, 2.05) is 0 Å². The smallest absolute Gasteiger partial charge is 0.213 e. The zero-order chi connectivity index (χ0) is 18.9. The molecule has 0 aromatic heterocycles. The fourth-order valence-electron chi connectivity index (χ4n) is 5.32. The van der Waals surface area contributed by atoms with Crippen LogP contribution in [0.4, 0.5) is 0 Å². The molecule has 3 unspecified atom stereocenters. The van der Waals surface area contributed by atoms with E-state index in [9.17, 15) is 8.42 Å². The first-order chi connectivity index (χ1) is 13.0. The highest BCUT2D eigenvalue weighted by atomic mass is 32.2. The summed E-state index contributed by atoms with van der Waals surface area (Å²) in [5, 5.41) is 3.92. The third kappa shape index (κ3) is 4.39. The Morgan fingerprint density at radius 3 is 2.48 bits per heavy atom. The van der Waals surface area contributed by atoms with Gasteiger partial charge in [0.2, 0.25) is 10.0 Å². The Kier molecular flexibility index (Phi) is 5.88. The number of nitrogens with one attached hydrogen (secondary N) is 1. The molecule has 1 saturated carbocycles. The summed E-state index contributed by atoms with van der Waals surface area (Å²) in [7, 11) is -3.02. The quantitative estimate of drug-likeness (QED) is 0.808. The van der Waals surface area contributed by atoms with E-state index in [4.69, 9.17) is 0 Å².